The van der Waals surface area contributed by atoms with Crippen LogP contribution in [-0.2, 0) is 17.6 Å². The van der Waals surface area contributed by atoms with E-state index in [4.69, 9.17) is 0 Å². The molecule has 4 heterocycles. The van der Waals surface area contributed by atoms with Gasteiger partial charge in [0, 0.05) is 24.0 Å². The van der Waals surface area contributed by atoms with Crippen molar-refractivity contribution in [3.63, 3.8) is 0 Å². The zero-order valence-corrected chi connectivity index (χ0v) is 19.3. The third-order valence-electron chi connectivity index (χ3n) is 5.78. The number of anilines is 3. The highest BCUT2D eigenvalue weighted by atomic mass is 32.1. The molecule has 1 fully saturated rings. The Morgan fingerprint density at radius 2 is 1.76 bits per heavy atom. The highest BCUT2D eigenvalue weighted by Gasteiger charge is 2.29. The molecule has 172 valence electrons. The third kappa shape index (κ3) is 5.76. The first-order valence-electron chi connectivity index (χ1n) is 11.2. The second kappa shape index (κ2) is 10.4. The number of amides is 1. The highest BCUT2D eigenvalue weighted by Crippen LogP contribution is 2.41. The number of hydrogen-bond donors (Lipinski definition) is 2. The van der Waals surface area contributed by atoms with Crippen LogP contribution in [0.3, 0.4) is 0 Å². The number of pyridine rings is 2. The van der Waals surface area contributed by atoms with Crippen LogP contribution in [0.2, 0.25) is 0 Å². The minimum atomic E-state index is -0.159. The van der Waals surface area contributed by atoms with Gasteiger partial charge in [-0.1, -0.05) is 23.5 Å². The summed E-state index contributed by atoms with van der Waals surface area (Å²) in [7, 11) is 0. The lowest BCUT2D eigenvalue weighted by Gasteiger charge is -2.09. The van der Waals surface area contributed by atoms with E-state index >= 15 is 0 Å². The van der Waals surface area contributed by atoms with E-state index in [0.717, 1.165) is 53.0 Å². The molecule has 9 nitrogen and oxygen atoms in total. The molecule has 0 aliphatic heterocycles. The van der Waals surface area contributed by atoms with Crippen molar-refractivity contribution in [2.45, 2.75) is 38.0 Å². The molecule has 4 aromatic heterocycles. The average Bonchev–Trinajstić information content (AvgIpc) is 3.51. The second-order valence-electron chi connectivity index (χ2n) is 8.32. The summed E-state index contributed by atoms with van der Waals surface area (Å²) < 4.78 is 0. The van der Waals surface area contributed by atoms with E-state index in [-0.39, 0.29) is 12.3 Å². The first-order chi connectivity index (χ1) is 16.7. The Morgan fingerprint density at radius 1 is 0.882 bits per heavy atom. The van der Waals surface area contributed by atoms with Gasteiger partial charge >= 0.3 is 0 Å². The van der Waals surface area contributed by atoms with E-state index < -0.39 is 0 Å². The molecule has 34 heavy (non-hydrogen) atoms. The van der Waals surface area contributed by atoms with Gasteiger partial charge in [-0.15, -0.1) is 15.3 Å². The Balaban J connectivity index is 1.11. The lowest BCUT2D eigenvalue weighted by Crippen LogP contribution is -2.16. The summed E-state index contributed by atoms with van der Waals surface area (Å²) in [5.74, 6) is 2.01. The summed E-state index contributed by atoms with van der Waals surface area (Å²) in [6, 6.07) is 15.0. The number of aromatic nitrogens is 6. The maximum absolute atomic E-state index is 12.2. The molecule has 1 aliphatic rings. The fourth-order valence-electron chi connectivity index (χ4n) is 4.17. The van der Waals surface area contributed by atoms with Crippen molar-refractivity contribution in [3.8, 4) is 0 Å². The van der Waals surface area contributed by atoms with Gasteiger partial charge in [-0.25, -0.2) is 4.98 Å². The Hall–Kier alpha value is -3.79. The molecule has 4 aromatic rings. The van der Waals surface area contributed by atoms with Crippen LogP contribution in [0, 0.1) is 5.92 Å². The van der Waals surface area contributed by atoms with Crippen molar-refractivity contribution in [3.05, 3.63) is 77.3 Å². The van der Waals surface area contributed by atoms with Crippen molar-refractivity contribution in [2.24, 2.45) is 5.92 Å². The maximum Gasteiger partial charge on any atom is 0.231 e. The molecule has 0 aromatic carbocycles. The van der Waals surface area contributed by atoms with Crippen LogP contribution in [-0.4, -0.2) is 36.3 Å². The zero-order chi connectivity index (χ0) is 23.2. The van der Waals surface area contributed by atoms with Crippen LogP contribution in [0.1, 0.15) is 41.6 Å². The highest BCUT2D eigenvalue weighted by molar-refractivity contribution is 7.15. The molecule has 0 bridgehead atoms. The van der Waals surface area contributed by atoms with Crippen molar-refractivity contribution in [1.29, 1.82) is 0 Å². The molecular formula is C24H24N8OS. The fraction of sp³-hybridized carbons (Fsp3) is 0.292. The summed E-state index contributed by atoms with van der Waals surface area (Å²) in [4.78, 5) is 20.6. The van der Waals surface area contributed by atoms with Crippen LogP contribution in [0.15, 0.2) is 60.9 Å². The third-order valence-corrected chi connectivity index (χ3v) is 6.79. The lowest BCUT2D eigenvalue weighted by molar-refractivity contribution is -0.115. The molecule has 1 amide bonds. The summed E-state index contributed by atoms with van der Waals surface area (Å²) in [6.07, 6.45) is 7.77. The maximum atomic E-state index is 12.2. The Morgan fingerprint density at radius 3 is 2.53 bits per heavy atom. The molecule has 0 unspecified atom stereocenters. The topological polar surface area (TPSA) is 118 Å². The lowest BCUT2D eigenvalue weighted by atomic mass is 10.00. The molecule has 0 saturated heterocycles. The van der Waals surface area contributed by atoms with E-state index in [1.165, 1.54) is 0 Å². The molecule has 1 aliphatic carbocycles. The predicted molar refractivity (Wildman–Crippen MR) is 130 cm³/mol. The van der Waals surface area contributed by atoms with Crippen LogP contribution in [0.25, 0.3) is 0 Å². The number of hydrogen-bond acceptors (Lipinski definition) is 9. The van der Waals surface area contributed by atoms with Crippen molar-refractivity contribution < 1.29 is 4.79 Å². The quantitative estimate of drug-likeness (QED) is 0.392. The van der Waals surface area contributed by atoms with Crippen molar-refractivity contribution in [1.82, 2.24) is 30.4 Å². The van der Waals surface area contributed by atoms with E-state index in [1.54, 1.807) is 23.7 Å². The summed E-state index contributed by atoms with van der Waals surface area (Å²) in [5, 5.41) is 25.0. The normalized spacial score (nSPS) is 17.4. The summed E-state index contributed by atoms with van der Waals surface area (Å²) in [6.45, 7) is 0. The number of nitrogens with one attached hydrogen (secondary N) is 2. The fourth-order valence-corrected chi connectivity index (χ4v) is 5.06. The Kier molecular flexibility index (Phi) is 6.76. The van der Waals surface area contributed by atoms with Gasteiger partial charge in [0.15, 0.2) is 5.82 Å². The van der Waals surface area contributed by atoms with Crippen molar-refractivity contribution in [2.75, 3.05) is 10.6 Å². The second-order valence-corrected chi connectivity index (χ2v) is 9.33. The van der Waals surface area contributed by atoms with E-state index in [1.807, 2.05) is 48.5 Å². The van der Waals surface area contributed by atoms with Gasteiger partial charge in [-0.05, 0) is 68.0 Å². The minimum Gasteiger partial charge on any atom is -0.315 e. The van der Waals surface area contributed by atoms with Crippen LogP contribution in [0.5, 0.6) is 0 Å². The van der Waals surface area contributed by atoms with Crippen LogP contribution < -0.4 is 10.6 Å². The van der Waals surface area contributed by atoms with Gasteiger partial charge < -0.3 is 10.6 Å². The van der Waals surface area contributed by atoms with Crippen LogP contribution >= 0.6 is 11.3 Å². The van der Waals surface area contributed by atoms with Gasteiger partial charge in [-0.3, -0.25) is 9.78 Å². The van der Waals surface area contributed by atoms with Gasteiger partial charge in [-0.2, -0.15) is 5.10 Å². The number of rotatable bonds is 8. The molecule has 5 rings (SSSR count). The number of nitrogens with zero attached hydrogens (tertiary/aromatic N) is 6. The molecule has 2 atom stereocenters. The number of carbonyl (C=O) groups is 1. The predicted octanol–water partition coefficient (Wildman–Crippen LogP) is 4.17. The molecule has 0 spiro atoms. The monoisotopic (exact) mass is 472 g/mol. The molecule has 1 saturated carbocycles. The smallest absolute Gasteiger partial charge is 0.231 e. The van der Waals surface area contributed by atoms with Gasteiger partial charge in [0.2, 0.25) is 11.0 Å². The zero-order valence-electron chi connectivity index (χ0n) is 18.5. The minimum absolute atomic E-state index is 0.159. The van der Waals surface area contributed by atoms with E-state index in [0.29, 0.717) is 17.7 Å². The van der Waals surface area contributed by atoms with E-state index in [2.05, 4.69) is 41.0 Å². The Bertz CT molecular complexity index is 1220. The first-order valence-corrected chi connectivity index (χ1v) is 12.1. The molecular weight excluding hydrogens is 448 g/mol. The largest absolute Gasteiger partial charge is 0.315 e. The van der Waals surface area contributed by atoms with Crippen LogP contribution in [0.4, 0.5) is 16.8 Å². The summed E-state index contributed by atoms with van der Waals surface area (Å²) in [5.41, 5.74) is 1.65. The molecule has 0 radical (unpaired) electrons. The molecule has 2 N–H and O–H groups in total. The average molecular weight is 473 g/mol. The molecule has 10 heteroatoms. The van der Waals surface area contributed by atoms with Crippen molar-refractivity contribution >= 4 is 34.0 Å². The summed E-state index contributed by atoms with van der Waals surface area (Å²) >= 11 is 1.60. The first kappa shape index (κ1) is 22.0. The Labute approximate surface area is 201 Å². The SMILES string of the molecule is O=C(Cc1ccccn1)Nc1ccc(C[C@H]2CC[C@@H](c3nnc(Nc4ccccn4)s3)C2)nn1. The number of carbonyl (C=O) groups excluding carboxylic acids is 1. The standard InChI is InChI=1S/C24H24N8OS/c33-22(15-18-5-1-3-11-25-18)27-21-10-9-19(29-30-21)14-16-7-8-17(13-16)23-31-32-24(34-23)28-20-6-2-4-12-26-20/h1-6,9-12,16-17H,7-8,13-15H2,(H,26,28,32)(H,27,30,33)/t16-,17+/m0/s1. The van der Waals surface area contributed by atoms with E-state index in [9.17, 15) is 4.79 Å². The van der Waals surface area contributed by atoms with Gasteiger partial charge in [0.05, 0.1) is 12.1 Å². The van der Waals surface area contributed by atoms with Gasteiger partial charge in [0.1, 0.15) is 10.8 Å². The van der Waals surface area contributed by atoms with Gasteiger partial charge in [0.25, 0.3) is 0 Å².